The van der Waals surface area contributed by atoms with E-state index in [-0.39, 0.29) is 30.0 Å². The quantitative estimate of drug-likeness (QED) is 0.309. The lowest BCUT2D eigenvalue weighted by Crippen LogP contribution is -2.41. The molecular formula is C16H27IN4O. The highest BCUT2D eigenvalue weighted by Crippen LogP contribution is 2.20. The lowest BCUT2D eigenvalue weighted by molar-refractivity contribution is 0.298. The molecule has 0 spiro atoms. The Labute approximate surface area is 150 Å². The minimum atomic E-state index is 0. The number of guanidine groups is 1. The summed E-state index contributed by atoms with van der Waals surface area (Å²) in [4.78, 5) is 6.36. The van der Waals surface area contributed by atoms with Crippen LogP contribution in [0.3, 0.4) is 0 Å². The Morgan fingerprint density at radius 3 is 2.41 bits per heavy atom. The predicted octanol–water partition coefficient (Wildman–Crippen LogP) is 2.27. The number of hydrogen-bond donors (Lipinski definition) is 2. The van der Waals surface area contributed by atoms with Crippen LogP contribution >= 0.6 is 24.0 Å². The summed E-state index contributed by atoms with van der Waals surface area (Å²) in [6, 6.07) is 8.39. The van der Waals surface area contributed by atoms with E-state index >= 15 is 0 Å². The Balaban J connectivity index is 0.00000441. The number of ether oxygens (including phenoxy) is 1. The highest BCUT2D eigenvalue weighted by atomic mass is 127. The largest absolute Gasteiger partial charge is 0.497 e. The van der Waals surface area contributed by atoms with Crippen molar-refractivity contribution in [2.24, 2.45) is 4.99 Å². The maximum Gasteiger partial charge on any atom is 0.191 e. The molecule has 0 bridgehead atoms. The SMILES string of the molecule is C=CCNC(=NC)NCC(c1ccc(OC)cc1)N(C)C.I. The molecule has 0 aliphatic rings. The number of halogens is 1. The fraction of sp³-hybridized carbons (Fsp3) is 0.438. The average Bonchev–Trinajstić information content (AvgIpc) is 2.50. The molecule has 0 fully saturated rings. The highest BCUT2D eigenvalue weighted by Gasteiger charge is 2.14. The van der Waals surface area contributed by atoms with Gasteiger partial charge in [0.2, 0.25) is 0 Å². The molecule has 0 saturated carbocycles. The lowest BCUT2D eigenvalue weighted by atomic mass is 10.1. The molecule has 5 nitrogen and oxygen atoms in total. The summed E-state index contributed by atoms with van der Waals surface area (Å²) in [6.45, 7) is 5.14. The number of benzene rings is 1. The molecule has 2 N–H and O–H groups in total. The molecule has 1 unspecified atom stereocenters. The zero-order valence-corrected chi connectivity index (χ0v) is 16.1. The van der Waals surface area contributed by atoms with E-state index in [2.05, 4.69) is 53.3 Å². The standard InChI is InChI=1S/C16H26N4O.HI/c1-6-11-18-16(17-2)19-12-15(20(3)4)13-7-9-14(21-5)10-8-13;/h6-10,15H,1,11-12H2,2-5H3,(H2,17,18,19);1H. The van der Waals surface area contributed by atoms with E-state index in [0.717, 1.165) is 18.3 Å². The van der Waals surface area contributed by atoms with E-state index in [1.54, 1.807) is 20.2 Å². The number of methoxy groups -OCH3 is 1. The highest BCUT2D eigenvalue weighted by molar-refractivity contribution is 14.0. The molecule has 1 aromatic rings. The first-order chi connectivity index (χ1) is 10.1. The molecule has 6 heteroatoms. The number of nitrogens with zero attached hydrogens (tertiary/aromatic N) is 2. The van der Waals surface area contributed by atoms with Gasteiger partial charge in [0.05, 0.1) is 13.2 Å². The van der Waals surface area contributed by atoms with E-state index in [1.807, 2.05) is 12.1 Å². The smallest absolute Gasteiger partial charge is 0.191 e. The van der Waals surface area contributed by atoms with E-state index < -0.39 is 0 Å². The van der Waals surface area contributed by atoms with Crippen molar-refractivity contribution in [1.82, 2.24) is 15.5 Å². The number of likely N-dealkylation sites (N-methyl/N-ethyl adjacent to an activating group) is 1. The zero-order chi connectivity index (χ0) is 15.7. The molecule has 1 atom stereocenters. The number of hydrogen-bond acceptors (Lipinski definition) is 3. The number of rotatable bonds is 7. The number of nitrogens with one attached hydrogen (secondary N) is 2. The minimum Gasteiger partial charge on any atom is -0.497 e. The Bertz CT molecular complexity index is 460. The first-order valence-corrected chi connectivity index (χ1v) is 6.98. The molecular weight excluding hydrogens is 391 g/mol. The molecule has 0 aromatic heterocycles. The first kappa shape index (κ1) is 20.7. The Kier molecular flexibility index (Phi) is 10.7. The average molecular weight is 418 g/mol. The van der Waals surface area contributed by atoms with Crippen LogP contribution in [0, 0.1) is 0 Å². The van der Waals surface area contributed by atoms with Gasteiger partial charge in [-0.3, -0.25) is 4.99 Å². The van der Waals surface area contributed by atoms with E-state index in [4.69, 9.17) is 4.74 Å². The topological polar surface area (TPSA) is 48.9 Å². The van der Waals surface area contributed by atoms with Crippen LogP contribution in [0.25, 0.3) is 0 Å². The monoisotopic (exact) mass is 418 g/mol. The van der Waals surface area contributed by atoms with E-state index in [9.17, 15) is 0 Å². The van der Waals surface area contributed by atoms with Gasteiger partial charge in [-0.2, -0.15) is 0 Å². The van der Waals surface area contributed by atoms with Crippen LogP contribution in [-0.4, -0.2) is 52.2 Å². The van der Waals surface area contributed by atoms with Gasteiger partial charge in [-0.1, -0.05) is 18.2 Å². The van der Waals surface area contributed by atoms with Gasteiger partial charge < -0.3 is 20.3 Å². The second-order valence-electron chi connectivity index (χ2n) is 4.88. The van der Waals surface area contributed by atoms with Crippen molar-refractivity contribution in [2.45, 2.75) is 6.04 Å². The summed E-state index contributed by atoms with van der Waals surface area (Å²) in [5.74, 6) is 1.64. The molecule has 0 radical (unpaired) electrons. The normalized spacial score (nSPS) is 12.3. The second kappa shape index (κ2) is 11.3. The van der Waals surface area contributed by atoms with Gasteiger partial charge in [-0.15, -0.1) is 30.6 Å². The maximum atomic E-state index is 5.20. The van der Waals surface area contributed by atoms with Crippen LogP contribution in [0.15, 0.2) is 41.9 Å². The molecule has 0 saturated heterocycles. The van der Waals surface area contributed by atoms with Gasteiger partial charge in [-0.05, 0) is 31.8 Å². The Hall–Kier alpha value is -1.28. The molecule has 0 amide bonds. The third-order valence-electron chi connectivity index (χ3n) is 3.22. The maximum absolute atomic E-state index is 5.20. The van der Waals surface area contributed by atoms with Crippen molar-refractivity contribution < 1.29 is 4.74 Å². The van der Waals surface area contributed by atoms with Crippen LogP contribution in [-0.2, 0) is 0 Å². The number of aliphatic imine (C=N–C) groups is 1. The predicted molar refractivity (Wildman–Crippen MR) is 104 cm³/mol. The molecule has 0 heterocycles. The van der Waals surface area contributed by atoms with Gasteiger partial charge in [-0.25, -0.2) is 0 Å². The lowest BCUT2D eigenvalue weighted by Gasteiger charge is -2.26. The summed E-state index contributed by atoms with van der Waals surface area (Å²) in [5.41, 5.74) is 1.23. The zero-order valence-electron chi connectivity index (χ0n) is 13.8. The minimum absolute atomic E-state index is 0. The van der Waals surface area contributed by atoms with Gasteiger partial charge in [0.1, 0.15) is 5.75 Å². The van der Waals surface area contributed by atoms with Crippen molar-refractivity contribution >= 4 is 29.9 Å². The summed E-state index contributed by atoms with van der Waals surface area (Å²) in [7, 11) is 7.57. The molecule has 22 heavy (non-hydrogen) atoms. The fourth-order valence-corrected chi connectivity index (χ4v) is 2.01. The van der Waals surface area contributed by atoms with Crippen molar-refractivity contribution in [3.8, 4) is 5.75 Å². The molecule has 1 aromatic carbocycles. The third-order valence-corrected chi connectivity index (χ3v) is 3.22. The van der Waals surface area contributed by atoms with Gasteiger partial charge in [0, 0.05) is 20.1 Å². The van der Waals surface area contributed by atoms with Crippen molar-refractivity contribution in [3.05, 3.63) is 42.5 Å². The molecule has 0 aliphatic carbocycles. The van der Waals surface area contributed by atoms with Crippen LogP contribution in [0.4, 0.5) is 0 Å². The van der Waals surface area contributed by atoms with Crippen molar-refractivity contribution in [2.75, 3.05) is 41.3 Å². The molecule has 1 rings (SSSR count). The van der Waals surface area contributed by atoms with Crippen molar-refractivity contribution in [3.63, 3.8) is 0 Å². The molecule has 0 aliphatic heterocycles. The first-order valence-electron chi connectivity index (χ1n) is 6.98. The van der Waals surface area contributed by atoms with E-state index in [0.29, 0.717) is 6.54 Å². The van der Waals surface area contributed by atoms with Crippen LogP contribution in [0.5, 0.6) is 5.75 Å². The second-order valence-corrected chi connectivity index (χ2v) is 4.88. The van der Waals surface area contributed by atoms with Crippen LogP contribution < -0.4 is 15.4 Å². The van der Waals surface area contributed by atoms with Gasteiger partial charge >= 0.3 is 0 Å². The third kappa shape index (κ3) is 6.65. The Morgan fingerprint density at radius 2 is 1.95 bits per heavy atom. The van der Waals surface area contributed by atoms with Crippen LogP contribution in [0.2, 0.25) is 0 Å². The summed E-state index contributed by atoms with van der Waals surface area (Å²) >= 11 is 0. The Morgan fingerprint density at radius 1 is 1.32 bits per heavy atom. The van der Waals surface area contributed by atoms with Crippen LogP contribution in [0.1, 0.15) is 11.6 Å². The summed E-state index contributed by atoms with van der Waals surface area (Å²) in [6.07, 6.45) is 1.81. The summed E-state index contributed by atoms with van der Waals surface area (Å²) < 4.78 is 5.20. The van der Waals surface area contributed by atoms with Gasteiger partial charge in [0.15, 0.2) is 5.96 Å². The summed E-state index contributed by atoms with van der Waals surface area (Å²) in [5, 5.41) is 6.50. The van der Waals surface area contributed by atoms with E-state index in [1.165, 1.54) is 5.56 Å². The van der Waals surface area contributed by atoms with Gasteiger partial charge in [0.25, 0.3) is 0 Å². The van der Waals surface area contributed by atoms with Crippen molar-refractivity contribution in [1.29, 1.82) is 0 Å². The fourth-order valence-electron chi connectivity index (χ4n) is 2.01. The molecule has 124 valence electrons.